The first-order valence-electron chi connectivity index (χ1n) is 10.5. The molecular formula is C21H23F3N6O4. The molecule has 0 atom stereocenters. The summed E-state index contributed by atoms with van der Waals surface area (Å²) in [5.74, 6) is 0.0991. The molecule has 0 saturated carbocycles. The van der Waals surface area contributed by atoms with Gasteiger partial charge >= 0.3 is 6.18 Å². The van der Waals surface area contributed by atoms with Gasteiger partial charge < -0.3 is 19.3 Å². The Hall–Kier alpha value is -3.66. The number of piperazine rings is 1. The number of aromatic amines is 1. The van der Waals surface area contributed by atoms with Crippen LogP contribution in [0.5, 0.6) is 5.75 Å². The Balaban J connectivity index is 1.31. The lowest BCUT2D eigenvalue weighted by Crippen LogP contribution is -2.49. The predicted molar refractivity (Wildman–Crippen MR) is 113 cm³/mol. The van der Waals surface area contributed by atoms with Crippen LogP contribution in [-0.4, -0.2) is 72.0 Å². The summed E-state index contributed by atoms with van der Waals surface area (Å²) < 4.78 is 49.1. The maximum atomic E-state index is 12.9. The number of rotatable bonds is 9. The molecule has 0 spiro atoms. The highest BCUT2D eigenvalue weighted by Crippen LogP contribution is 2.32. The molecule has 0 aliphatic carbocycles. The second-order valence-corrected chi connectivity index (χ2v) is 7.39. The van der Waals surface area contributed by atoms with Crippen molar-refractivity contribution in [1.29, 1.82) is 5.26 Å². The summed E-state index contributed by atoms with van der Waals surface area (Å²) in [6.45, 7) is 2.42. The molecule has 2 aromatic rings. The zero-order chi connectivity index (χ0) is 24.6. The summed E-state index contributed by atoms with van der Waals surface area (Å²) in [5, 5.41) is 13.9. The van der Waals surface area contributed by atoms with Crippen LogP contribution in [0.15, 0.2) is 29.3 Å². The summed E-state index contributed by atoms with van der Waals surface area (Å²) in [6.07, 6.45) is -1.82. The van der Waals surface area contributed by atoms with Gasteiger partial charge in [-0.1, -0.05) is 0 Å². The largest absolute Gasteiger partial charge is 0.489 e. The number of alkyl halides is 3. The van der Waals surface area contributed by atoms with E-state index in [-0.39, 0.29) is 32.1 Å². The van der Waals surface area contributed by atoms with Gasteiger partial charge in [-0.15, -0.1) is 0 Å². The number of hydrogen-bond donors (Lipinski definition) is 1. The SMILES string of the molecule is N#Cc1ccc(N2CCN(C(=O)CCCOCCOc3cn[nH]c(=O)c3C(F)(F)F)CC2)nc1. The lowest BCUT2D eigenvalue weighted by atomic mass is 10.2. The van der Waals surface area contributed by atoms with Crippen LogP contribution < -0.4 is 15.2 Å². The van der Waals surface area contributed by atoms with Crippen LogP contribution in [0.2, 0.25) is 0 Å². The zero-order valence-electron chi connectivity index (χ0n) is 18.2. The fourth-order valence-electron chi connectivity index (χ4n) is 3.38. The Bertz CT molecular complexity index is 1060. The second kappa shape index (κ2) is 11.5. The molecule has 3 rings (SSSR count). The van der Waals surface area contributed by atoms with Crippen LogP contribution in [0.25, 0.3) is 0 Å². The van der Waals surface area contributed by atoms with Crippen molar-refractivity contribution in [3.05, 3.63) is 46.0 Å². The third-order valence-electron chi connectivity index (χ3n) is 5.10. The quantitative estimate of drug-likeness (QED) is 0.537. The summed E-state index contributed by atoms with van der Waals surface area (Å²) in [4.78, 5) is 31.8. The van der Waals surface area contributed by atoms with Gasteiger partial charge in [-0.25, -0.2) is 10.1 Å². The Labute approximate surface area is 192 Å². The highest BCUT2D eigenvalue weighted by atomic mass is 19.4. The molecule has 1 N–H and O–H groups in total. The van der Waals surface area contributed by atoms with Gasteiger partial charge in [-0.2, -0.15) is 23.5 Å². The van der Waals surface area contributed by atoms with Gasteiger partial charge in [0.15, 0.2) is 11.3 Å². The monoisotopic (exact) mass is 480 g/mol. The minimum absolute atomic E-state index is 0.00306. The first kappa shape index (κ1) is 25.0. The van der Waals surface area contributed by atoms with Crippen LogP contribution in [0.3, 0.4) is 0 Å². The molecular weight excluding hydrogens is 457 g/mol. The Morgan fingerprint density at radius 3 is 2.56 bits per heavy atom. The van der Waals surface area contributed by atoms with Gasteiger partial charge in [0.25, 0.3) is 5.56 Å². The van der Waals surface area contributed by atoms with E-state index in [1.807, 2.05) is 11.0 Å². The third-order valence-corrected chi connectivity index (χ3v) is 5.10. The van der Waals surface area contributed by atoms with Crippen molar-refractivity contribution < 1.29 is 27.4 Å². The molecule has 2 aromatic heterocycles. The van der Waals surface area contributed by atoms with Crippen molar-refractivity contribution in [2.24, 2.45) is 0 Å². The van der Waals surface area contributed by atoms with Crippen LogP contribution in [-0.2, 0) is 15.7 Å². The standard InChI is InChI=1S/C21H23F3N6O4/c22-21(23,24)19-16(14-27-28-20(19)32)34-11-10-33-9-1-2-18(31)30-7-5-29(6-8-30)17-4-3-15(12-25)13-26-17/h3-4,13-14H,1-2,5-11H2,(H,28,32). The molecule has 3 heterocycles. The summed E-state index contributed by atoms with van der Waals surface area (Å²) >= 11 is 0. The first-order valence-corrected chi connectivity index (χ1v) is 10.5. The van der Waals surface area contributed by atoms with Crippen LogP contribution >= 0.6 is 0 Å². The van der Waals surface area contributed by atoms with E-state index in [1.54, 1.807) is 22.1 Å². The molecule has 1 amide bonds. The number of aromatic nitrogens is 3. The van der Waals surface area contributed by atoms with Crippen LogP contribution in [0.1, 0.15) is 24.0 Å². The van der Waals surface area contributed by atoms with Gasteiger partial charge in [0, 0.05) is 45.4 Å². The van der Waals surface area contributed by atoms with Crippen molar-refractivity contribution in [3.63, 3.8) is 0 Å². The number of halogens is 3. The molecule has 1 aliphatic heterocycles. The topological polar surface area (TPSA) is 124 Å². The van der Waals surface area contributed by atoms with E-state index in [2.05, 4.69) is 10.1 Å². The van der Waals surface area contributed by atoms with Crippen molar-refractivity contribution in [2.45, 2.75) is 19.0 Å². The number of anilines is 1. The minimum Gasteiger partial charge on any atom is -0.489 e. The summed E-state index contributed by atoms with van der Waals surface area (Å²) in [6, 6.07) is 5.51. The maximum absolute atomic E-state index is 12.9. The normalized spacial score (nSPS) is 14.1. The first-order chi connectivity index (χ1) is 16.3. The van der Waals surface area contributed by atoms with Crippen LogP contribution in [0.4, 0.5) is 19.0 Å². The fourth-order valence-corrected chi connectivity index (χ4v) is 3.38. The number of nitrogens with one attached hydrogen (secondary N) is 1. The Kier molecular flexibility index (Phi) is 8.42. The van der Waals surface area contributed by atoms with Crippen molar-refractivity contribution in [2.75, 3.05) is 50.9 Å². The third kappa shape index (κ3) is 6.67. The van der Waals surface area contributed by atoms with E-state index < -0.39 is 23.0 Å². The summed E-state index contributed by atoms with van der Waals surface area (Å²) in [5.41, 5.74) is -2.33. The number of hydrogen-bond acceptors (Lipinski definition) is 8. The van der Waals surface area contributed by atoms with Crippen LogP contribution in [0, 0.1) is 11.3 Å². The molecule has 0 radical (unpaired) electrons. The number of ether oxygens (including phenoxy) is 2. The van der Waals surface area contributed by atoms with E-state index in [0.717, 1.165) is 12.0 Å². The number of pyridine rings is 1. The van der Waals surface area contributed by atoms with Gasteiger partial charge in [-0.3, -0.25) is 9.59 Å². The van der Waals surface area contributed by atoms with E-state index in [9.17, 15) is 22.8 Å². The van der Waals surface area contributed by atoms with Gasteiger partial charge in [-0.05, 0) is 18.6 Å². The van der Waals surface area contributed by atoms with E-state index >= 15 is 0 Å². The molecule has 0 unspecified atom stereocenters. The van der Waals surface area contributed by atoms with Crippen molar-refractivity contribution >= 4 is 11.7 Å². The Morgan fingerprint density at radius 2 is 1.91 bits per heavy atom. The number of H-pyrrole nitrogens is 1. The van der Waals surface area contributed by atoms with Crippen molar-refractivity contribution in [1.82, 2.24) is 20.1 Å². The van der Waals surface area contributed by atoms with E-state index in [0.29, 0.717) is 38.2 Å². The fraction of sp³-hybridized carbons (Fsp3) is 0.476. The average Bonchev–Trinajstić information content (AvgIpc) is 2.82. The van der Waals surface area contributed by atoms with Gasteiger partial charge in [0.05, 0.1) is 18.4 Å². The zero-order valence-corrected chi connectivity index (χ0v) is 18.2. The van der Waals surface area contributed by atoms with E-state index in [4.69, 9.17) is 14.7 Å². The molecule has 182 valence electrons. The molecule has 1 aliphatic rings. The molecule has 1 fully saturated rings. The number of nitrogens with zero attached hydrogens (tertiary/aromatic N) is 5. The Morgan fingerprint density at radius 1 is 1.15 bits per heavy atom. The smallest absolute Gasteiger partial charge is 0.425 e. The number of amides is 1. The van der Waals surface area contributed by atoms with Gasteiger partial charge in [0.1, 0.15) is 18.5 Å². The molecule has 0 aromatic carbocycles. The number of nitriles is 1. The second-order valence-electron chi connectivity index (χ2n) is 7.39. The molecule has 0 bridgehead atoms. The number of carbonyl (C=O) groups is 1. The maximum Gasteiger partial charge on any atom is 0.425 e. The molecule has 34 heavy (non-hydrogen) atoms. The lowest BCUT2D eigenvalue weighted by molar-refractivity contribution is -0.140. The highest BCUT2D eigenvalue weighted by molar-refractivity contribution is 5.76. The van der Waals surface area contributed by atoms with Crippen molar-refractivity contribution in [3.8, 4) is 11.8 Å². The van der Waals surface area contributed by atoms with Gasteiger partial charge in [0.2, 0.25) is 5.91 Å². The molecule has 1 saturated heterocycles. The molecule has 10 nitrogen and oxygen atoms in total. The highest BCUT2D eigenvalue weighted by Gasteiger charge is 2.38. The summed E-state index contributed by atoms with van der Waals surface area (Å²) in [7, 11) is 0. The number of carbonyl (C=O) groups excluding carboxylic acids is 1. The molecule has 13 heteroatoms. The minimum atomic E-state index is -4.86. The predicted octanol–water partition coefficient (Wildman–Crippen LogP) is 1.58. The average molecular weight is 480 g/mol. The van der Waals surface area contributed by atoms with E-state index in [1.165, 1.54) is 6.20 Å². The lowest BCUT2D eigenvalue weighted by Gasteiger charge is -2.35.